The van der Waals surface area contributed by atoms with Crippen molar-refractivity contribution in [3.05, 3.63) is 35.9 Å². The smallest absolute Gasteiger partial charge is 0.306 e. The van der Waals surface area contributed by atoms with Crippen LogP contribution < -0.4 is 0 Å². The Hall–Kier alpha value is -1.35. The number of ether oxygens (including phenoxy) is 2. The van der Waals surface area contributed by atoms with Gasteiger partial charge in [-0.25, -0.2) is 0 Å². The molecular formula is C19H26O3. The summed E-state index contributed by atoms with van der Waals surface area (Å²) in [5.41, 5.74) is 1.12. The van der Waals surface area contributed by atoms with Gasteiger partial charge in [0.05, 0.1) is 12.2 Å². The molecule has 0 amide bonds. The fraction of sp³-hybridized carbons (Fsp3) is 0.632. The van der Waals surface area contributed by atoms with Crippen molar-refractivity contribution in [3.63, 3.8) is 0 Å². The molecule has 0 saturated carbocycles. The van der Waals surface area contributed by atoms with E-state index in [0.717, 1.165) is 44.1 Å². The monoisotopic (exact) mass is 302 g/mol. The first-order chi connectivity index (χ1) is 10.8. The van der Waals surface area contributed by atoms with Gasteiger partial charge in [-0.1, -0.05) is 36.8 Å². The summed E-state index contributed by atoms with van der Waals surface area (Å²) in [5.74, 6) is -0.0832. The Morgan fingerprint density at radius 2 is 1.50 bits per heavy atom. The third-order valence-electron chi connectivity index (χ3n) is 4.80. The SMILES string of the molecule is O=C1CCC2CCCC(CCCCC(c3ccccc3)O1)O2. The van der Waals surface area contributed by atoms with Gasteiger partial charge in [0.1, 0.15) is 6.10 Å². The fourth-order valence-corrected chi connectivity index (χ4v) is 3.57. The van der Waals surface area contributed by atoms with Gasteiger partial charge in [-0.3, -0.25) is 4.79 Å². The van der Waals surface area contributed by atoms with Crippen LogP contribution >= 0.6 is 0 Å². The van der Waals surface area contributed by atoms with E-state index in [1.54, 1.807) is 0 Å². The second-order valence-corrected chi connectivity index (χ2v) is 6.52. The fourth-order valence-electron chi connectivity index (χ4n) is 3.57. The summed E-state index contributed by atoms with van der Waals surface area (Å²) < 4.78 is 11.9. The molecule has 1 aromatic carbocycles. The highest BCUT2D eigenvalue weighted by Gasteiger charge is 2.25. The van der Waals surface area contributed by atoms with Crippen LogP contribution in [0.15, 0.2) is 30.3 Å². The number of carbonyl (C=O) groups excluding carboxylic acids is 1. The van der Waals surface area contributed by atoms with E-state index in [9.17, 15) is 4.79 Å². The van der Waals surface area contributed by atoms with Crippen LogP contribution in [0.1, 0.15) is 69.5 Å². The first-order valence-corrected chi connectivity index (χ1v) is 8.71. The van der Waals surface area contributed by atoms with E-state index in [1.165, 1.54) is 12.8 Å². The number of benzene rings is 1. The molecule has 0 aromatic heterocycles. The van der Waals surface area contributed by atoms with Crippen LogP contribution in [-0.4, -0.2) is 18.2 Å². The summed E-state index contributed by atoms with van der Waals surface area (Å²) in [7, 11) is 0. The molecule has 0 spiro atoms. The van der Waals surface area contributed by atoms with Crippen LogP contribution in [0.2, 0.25) is 0 Å². The number of cyclic esters (lactones) is 1. The molecule has 2 heterocycles. The highest BCUT2D eigenvalue weighted by atomic mass is 16.5. The molecule has 0 radical (unpaired) electrons. The van der Waals surface area contributed by atoms with Gasteiger partial charge in [0.25, 0.3) is 0 Å². The number of esters is 1. The van der Waals surface area contributed by atoms with Crippen LogP contribution in [0.4, 0.5) is 0 Å². The van der Waals surface area contributed by atoms with Crippen LogP contribution in [-0.2, 0) is 14.3 Å². The lowest BCUT2D eigenvalue weighted by atomic mass is 9.96. The van der Waals surface area contributed by atoms with E-state index in [0.29, 0.717) is 12.5 Å². The zero-order valence-corrected chi connectivity index (χ0v) is 13.2. The summed E-state index contributed by atoms with van der Waals surface area (Å²) >= 11 is 0. The Morgan fingerprint density at radius 1 is 0.818 bits per heavy atom. The van der Waals surface area contributed by atoms with Crippen LogP contribution in [0, 0.1) is 0 Å². The standard InChI is InChI=1S/C19H26O3/c20-19-14-13-17-11-6-10-16(21-17)9-4-5-12-18(22-19)15-7-2-1-3-8-15/h1-3,7-8,16-18H,4-6,9-14H2. The second-order valence-electron chi connectivity index (χ2n) is 6.52. The summed E-state index contributed by atoms with van der Waals surface area (Å²) in [6.07, 6.45) is 9.64. The average molecular weight is 302 g/mol. The molecule has 2 bridgehead atoms. The maximum Gasteiger partial charge on any atom is 0.306 e. The normalized spacial score (nSPS) is 30.7. The second kappa shape index (κ2) is 7.77. The minimum absolute atomic E-state index is 0.0832. The molecule has 3 unspecified atom stereocenters. The molecule has 2 saturated heterocycles. The van der Waals surface area contributed by atoms with Gasteiger partial charge >= 0.3 is 5.97 Å². The Labute approximate surface area is 133 Å². The van der Waals surface area contributed by atoms with Gasteiger partial charge in [-0.15, -0.1) is 0 Å². The number of rotatable bonds is 1. The van der Waals surface area contributed by atoms with E-state index in [-0.39, 0.29) is 18.2 Å². The van der Waals surface area contributed by atoms with E-state index in [4.69, 9.17) is 9.47 Å². The van der Waals surface area contributed by atoms with Gasteiger partial charge < -0.3 is 9.47 Å². The molecule has 3 rings (SSSR count). The van der Waals surface area contributed by atoms with Crippen LogP contribution in [0.3, 0.4) is 0 Å². The predicted molar refractivity (Wildman–Crippen MR) is 85.5 cm³/mol. The van der Waals surface area contributed by atoms with Crippen molar-refractivity contribution < 1.29 is 14.3 Å². The van der Waals surface area contributed by atoms with Gasteiger partial charge in [0.2, 0.25) is 0 Å². The van der Waals surface area contributed by atoms with Crippen molar-refractivity contribution in [1.82, 2.24) is 0 Å². The Bertz CT molecular complexity index is 471. The number of fused-ring (bicyclic) bond motifs is 2. The third-order valence-corrected chi connectivity index (χ3v) is 4.80. The summed E-state index contributed by atoms with van der Waals surface area (Å²) in [6, 6.07) is 10.1. The maximum absolute atomic E-state index is 12.2. The molecule has 3 atom stereocenters. The van der Waals surface area contributed by atoms with Gasteiger partial charge in [0, 0.05) is 6.42 Å². The first-order valence-electron chi connectivity index (χ1n) is 8.71. The predicted octanol–water partition coefficient (Wildman–Crippen LogP) is 4.56. The molecular weight excluding hydrogens is 276 g/mol. The molecule has 0 N–H and O–H groups in total. The lowest BCUT2D eigenvalue weighted by Crippen LogP contribution is -2.28. The Morgan fingerprint density at radius 3 is 2.32 bits per heavy atom. The summed E-state index contributed by atoms with van der Waals surface area (Å²) in [4.78, 5) is 12.2. The van der Waals surface area contributed by atoms with Gasteiger partial charge in [0.15, 0.2) is 0 Å². The van der Waals surface area contributed by atoms with E-state index in [2.05, 4.69) is 12.1 Å². The van der Waals surface area contributed by atoms with E-state index < -0.39 is 0 Å². The lowest BCUT2D eigenvalue weighted by Gasteiger charge is -2.31. The van der Waals surface area contributed by atoms with Crippen LogP contribution in [0.5, 0.6) is 0 Å². The third kappa shape index (κ3) is 4.33. The summed E-state index contributed by atoms with van der Waals surface area (Å²) in [5, 5.41) is 0. The van der Waals surface area contributed by atoms with Gasteiger partial charge in [-0.2, -0.15) is 0 Å². The highest BCUT2D eigenvalue weighted by molar-refractivity contribution is 5.69. The minimum atomic E-state index is -0.0890. The molecule has 3 nitrogen and oxygen atoms in total. The number of hydrogen-bond acceptors (Lipinski definition) is 3. The molecule has 0 aliphatic carbocycles. The lowest BCUT2D eigenvalue weighted by molar-refractivity contribution is -0.152. The van der Waals surface area contributed by atoms with Crippen molar-refractivity contribution >= 4 is 5.97 Å². The van der Waals surface area contributed by atoms with Crippen molar-refractivity contribution in [2.24, 2.45) is 0 Å². The Balaban J connectivity index is 1.66. The quantitative estimate of drug-likeness (QED) is 0.713. The topological polar surface area (TPSA) is 35.5 Å². The van der Waals surface area contributed by atoms with Crippen molar-refractivity contribution in [3.8, 4) is 0 Å². The van der Waals surface area contributed by atoms with Crippen LogP contribution in [0.25, 0.3) is 0 Å². The largest absolute Gasteiger partial charge is 0.457 e. The number of hydrogen-bond donors (Lipinski definition) is 0. The van der Waals surface area contributed by atoms with Crippen molar-refractivity contribution in [2.45, 2.75) is 76.1 Å². The van der Waals surface area contributed by atoms with Gasteiger partial charge in [-0.05, 0) is 50.5 Å². The minimum Gasteiger partial charge on any atom is -0.457 e. The zero-order chi connectivity index (χ0) is 15.2. The maximum atomic E-state index is 12.2. The molecule has 120 valence electrons. The zero-order valence-electron chi connectivity index (χ0n) is 13.2. The average Bonchev–Trinajstić information content (AvgIpc) is 2.56. The highest BCUT2D eigenvalue weighted by Crippen LogP contribution is 2.29. The van der Waals surface area contributed by atoms with E-state index in [1.807, 2.05) is 18.2 Å². The molecule has 22 heavy (non-hydrogen) atoms. The first kappa shape index (κ1) is 15.5. The molecule has 1 aromatic rings. The van der Waals surface area contributed by atoms with E-state index >= 15 is 0 Å². The number of carbonyl (C=O) groups is 1. The Kier molecular flexibility index (Phi) is 5.49. The summed E-state index contributed by atoms with van der Waals surface area (Å²) in [6.45, 7) is 0. The van der Waals surface area contributed by atoms with Crippen molar-refractivity contribution in [1.29, 1.82) is 0 Å². The van der Waals surface area contributed by atoms with Crippen molar-refractivity contribution in [2.75, 3.05) is 0 Å². The molecule has 2 aliphatic heterocycles. The molecule has 3 heteroatoms. The molecule has 2 fully saturated rings. The molecule has 2 aliphatic rings.